The first-order valence-corrected chi connectivity index (χ1v) is 18.2. The first-order chi connectivity index (χ1) is 23.9. The zero-order valence-corrected chi connectivity index (χ0v) is 30.4. The molecule has 0 amide bonds. The highest BCUT2D eigenvalue weighted by Crippen LogP contribution is 2.59. The average molecular weight is 647 g/mol. The summed E-state index contributed by atoms with van der Waals surface area (Å²) in [4.78, 5) is 5.30. The lowest BCUT2D eigenvalue weighted by atomic mass is 9.42. The van der Waals surface area contributed by atoms with Crippen molar-refractivity contribution in [3.8, 4) is 22.3 Å². The molecule has 50 heavy (non-hydrogen) atoms. The van der Waals surface area contributed by atoms with Crippen LogP contribution in [0, 0.1) is 6.92 Å². The van der Waals surface area contributed by atoms with Crippen LogP contribution in [-0.2, 0) is 16.2 Å². The molecule has 3 heterocycles. The number of aryl methyl sites for hydroxylation is 1. The van der Waals surface area contributed by atoms with Crippen LogP contribution in [0.1, 0.15) is 81.8 Å². The van der Waals surface area contributed by atoms with E-state index in [0.29, 0.717) is 0 Å². The van der Waals surface area contributed by atoms with Gasteiger partial charge in [-0.2, -0.15) is 0 Å². The number of benzene rings is 6. The highest BCUT2D eigenvalue weighted by atomic mass is 15.2. The largest absolute Gasteiger partial charge is 0.376 e. The fraction of sp³-hybridized carbons (Fsp3) is 0.234. The normalized spacial score (nSPS) is 16.6. The third kappa shape index (κ3) is 3.65. The van der Waals surface area contributed by atoms with E-state index in [0.717, 1.165) is 0 Å². The second-order valence-corrected chi connectivity index (χ2v) is 17.1. The van der Waals surface area contributed by atoms with Crippen LogP contribution in [0.5, 0.6) is 0 Å². The van der Waals surface area contributed by atoms with Gasteiger partial charge in [-0.05, 0) is 104 Å². The van der Waals surface area contributed by atoms with Crippen molar-refractivity contribution in [2.75, 3.05) is 9.71 Å². The number of anilines is 5. The highest BCUT2D eigenvalue weighted by Gasteiger charge is 2.51. The molecule has 6 aromatic carbocycles. The fourth-order valence-electron chi connectivity index (χ4n) is 10.0. The van der Waals surface area contributed by atoms with Crippen molar-refractivity contribution < 1.29 is 0 Å². The molecule has 0 atom stereocenters. The van der Waals surface area contributed by atoms with Gasteiger partial charge in [0.05, 0.1) is 5.69 Å². The second kappa shape index (κ2) is 9.61. The number of fused-ring (bicyclic) bond motifs is 10. The molecular weight excluding hydrogens is 603 g/mol. The summed E-state index contributed by atoms with van der Waals surface area (Å²) in [6, 6.07) is 44.4. The van der Waals surface area contributed by atoms with Gasteiger partial charge in [-0.3, -0.25) is 0 Å². The lowest BCUT2D eigenvalue weighted by molar-refractivity contribution is 0.590. The summed E-state index contributed by atoms with van der Waals surface area (Å²) in [5, 5.41) is 0. The Morgan fingerprint density at radius 2 is 1.28 bits per heavy atom. The molecular formula is C47H43BN2. The minimum absolute atomic E-state index is 0.0192. The van der Waals surface area contributed by atoms with Crippen LogP contribution < -0.4 is 20.6 Å². The van der Waals surface area contributed by atoms with E-state index < -0.39 is 0 Å². The van der Waals surface area contributed by atoms with Gasteiger partial charge < -0.3 is 9.71 Å². The predicted molar refractivity (Wildman–Crippen MR) is 213 cm³/mol. The summed E-state index contributed by atoms with van der Waals surface area (Å²) in [6.45, 7) is 18.9. The predicted octanol–water partition coefficient (Wildman–Crippen LogP) is 10.9. The van der Waals surface area contributed by atoms with E-state index in [1.807, 2.05) is 0 Å². The Kier molecular flexibility index (Phi) is 5.74. The van der Waals surface area contributed by atoms with Gasteiger partial charge in [-0.15, -0.1) is 0 Å². The molecule has 0 saturated heterocycles. The molecule has 0 N–H and O–H groups in total. The van der Waals surface area contributed by atoms with Crippen molar-refractivity contribution in [1.82, 2.24) is 0 Å². The molecule has 3 heteroatoms. The van der Waals surface area contributed by atoms with E-state index in [1.165, 1.54) is 95.0 Å². The van der Waals surface area contributed by atoms with E-state index in [4.69, 9.17) is 0 Å². The molecule has 6 aromatic rings. The first-order valence-electron chi connectivity index (χ1n) is 18.2. The maximum Gasteiger partial charge on any atom is 0.333 e. The Labute approximate surface area is 297 Å². The number of rotatable bonds is 1. The fourth-order valence-corrected chi connectivity index (χ4v) is 10.0. The molecule has 0 radical (unpaired) electrons. The van der Waals surface area contributed by atoms with E-state index in [2.05, 4.69) is 180 Å². The summed E-state index contributed by atoms with van der Waals surface area (Å²) >= 11 is 0. The average Bonchev–Trinajstić information content (AvgIpc) is 3.33. The molecule has 244 valence electrons. The molecule has 0 saturated carbocycles. The van der Waals surface area contributed by atoms with E-state index in [9.17, 15) is 0 Å². The summed E-state index contributed by atoms with van der Waals surface area (Å²) in [5.74, 6) is 0. The molecule has 0 aromatic heterocycles. The van der Waals surface area contributed by atoms with Gasteiger partial charge in [0, 0.05) is 39.1 Å². The molecule has 0 bridgehead atoms. The van der Waals surface area contributed by atoms with Crippen LogP contribution in [0.2, 0.25) is 0 Å². The van der Waals surface area contributed by atoms with Gasteiger partial charge in [-0.25, -0.2) is 0 Å². The Bertz CT molecular complexity index is 2440. The standard InChI is InChI=1S/C47H43BN2/c1-28-26-33-41-39(25-24-32-31-14-9-10-15-34(31)47(7,8)42(32)41)50(30-22-20-29(21-23-30)45(2,3)4)48-37-18-13-17-36-44(37)49(40(27-28)43(33)48)38-19-12-11-16-35(38)46(36,5)6/h9-27H,1-8H3. The Balaban J connectivity index is 1.35. The topological polar surface area (TPSA) is 6.48 Å². The molecule has 0 spiro atoms. The van der Waals surface area contributed by atoms with Crippen LogP contribution >= 0.6 is 0 Å². The molecule has 1 aliphatic carbocycles. The molecule has 10 rings (SSSR count). The zero-order chi connectivity index (χ0) is 34.5. The van der Waals surface area contributed by atoms with Crippen LogP contribution in [0.25, 0.3) is 22.3 Å². The van der Waals surface area contributed by atoms with Crippen molar-refractivity contribution in [3.05, 3.63) is 149 Å². The van der Waals surface area contributed by atoms with E-state index in [1.54, 1.807) is 0 Å². The maximum atomic E-state index is 2.68. The lowest BCUT2D eigenvalue weighted by Gasteiger charge is -2.51. The van der Waals surface area contributed by atoms with Crippen molar-refractivity contribution >= 4 is 46.2 Å². The number of nitrogens with zero attached hydrogens (tertiary/aromatic N) is 2. The van der Waals surface area contributed by atoms with Crippen molar-refractivity contribution in [1.29, 1.82) is 0 Å². The first kappa shape index (κ1) is 29.9. The van der Waals surface area contributed by atoms with Gasteiger partial charge in [0.15, 0.2) is 0 Å². The SMILES string of the molecule is Cc1cc2c3c(c1)N1c4ccccc4C(C)(C)c4cccc(c41)B3N(c1ccc(C(C)(C)C)cc1)c1ccc3c(c1-2)C(C)(C)c1ccccc1-3. The molecule has 4 aliphatic rings. The summed E-state index contributed by atoms with van der Waals surface area (Å²) in [7, 11) is 0. The number of hydrogen-bond donors (Lipinski definition) is 0. The van der Waals surface area contributed by atoms with Crippen LogP contribution in [0.4, 0.5) is 28.4 Å². The van der Waals surface area contributed by atoms with Gasteiger partial charge in [0.2, 0.25) is 0 Å². The minimum Gasteiger partial charge on any atom is -0.376 e. The van der Waals surface area contributed by atoms with Gasteiger partial charge in [0.1, 0.15) is 0 Å². The maximum absolute atomic E-state index is 2.68. The summed E-state index contributed by atoms with van der Waals surface area (Å²) < 4.78 is 0. The Morgan fingerprint density at radius 3 is 2.04 bits per heavy atom. The smallest absolute Gasteiger partial charge is 0.333 e. The minimum atomic E-state index is -0.149. The number of para-hydroxylation sites is 2. The van der Waals surface area contributed by atoms with Gasteiger partial charge >= 0.3 is 6.85 Å². The van der Waals surface area contributed by atoms with Crippen molar-refractivity contribution in [2.24, 2.45) is 0 Å². The van der Waals surface area contributed by atoms with Crippen molar-refractivity contribution in [2.45, 2.75) is 71.6 Å². The monoisotopic (exact) mass is 646 g/mol. The highest BCUT2D eigenvalue weighted by molar-refractivity contribution is 6.93. The Hall–Kier alpha value is -5.02. The molecule has 2 nitrogen and oxygen atoms in total. The van der Waals surface area contributed by atoms with E-state index in [-0.39, 0.29) is 23.1 Å². The second-order valence-electron chi connectivity index (χ2n) is 17.1. The van der Waals surface area contributed by atoms with E-state index >= 15 is 0 Å². The Morgan fingerprint density at radius 1 is 0.580 bits per heavy atom. The van der Waals surface area contributed by atoms with Crippen LogP contribution in [0.15, 0.2) is 115 Å². The number of hydrogen-bond acceptors (Lipinski definition) is 2. The quantitative estimate of drug-likeness (QED) is 0.164. The van der Waals surface area contributed by atoms with Crippen LogP contribution in [-0.4, -0.2) is 6.85 Å². The molecule has 0 fully saturated rings. The third-order valence-electron chi connectivity index (χ3n) is 12.4. The third-order valence-corrected chi connectivity index (χ3v) is 12.4. The van der Waals surface area contributed by atoms with Gasteiger partial charge in [0.25, 0.3) is 0 Å². The molecule has 3 aliphatic heterocycles. The van der Waals surface area contributed by atoms with Crippen LogP contribution in [0.3, 0.4) is 0 Å². The summed E-state index contributed by atoms with van der Waals surface area (Å²) in [5.41, 5.74) is 22.8. The summed E-state index contributed by atoms with van der Waals surface area (Å²) in [6.07, 6.45) is 0. The molecule has 0 unspecified atom stereocenters. The zero-order valence-electron chi connectivity index (χ0n) is 30.4. The lowest BCUT2D eigenvalue weighted by Crippen LogP contribution is -2.62. The van der Waals surface area contributed by atoms with Gasteiger partial charge in [-0.1, -0.05) is 133 Å². The van der Waals surface area contributed by atoms with Crippen molar-refractivity contribution in [3.63, 3.8) is 0 Å².